The molecule has 1 amide bonds. The third-order valence-electron chi connectivity index (χ3n) is 3.00. The molecule has 0 atom stereocenters. The molecule has 0 aliphatic rings. The lowest BCUT2D eigenvalue weighted by atomic mass is 10.2. The highest BCUT2D eigenvalue weighted by atomic mass is 32.2. The molecule has 23 heavy (non-hydrogen) atoms. The smallest absolute Gasteiger partial charge is 0.269 e. The predicted octanol–water partition coefficient (Wildman–Crippen LogP) is 3.48. The first-order valence-electron chi connectivity index (χ1n) is 6.83. The highest BCUT2D eigenvalue weighted by Crippen LogP contribution is 2.19. The second-order valence-electron chi connectivity index (χ2n) is 4.70. The summed E-state index contributed by atoms with van der Waals surface area (Å²) in [6, 6.07) is 13.5. The lowest BCUT2D eigenvalue weighted by molar-refractivity contribution is -0.384. The molecule has 0 aliphatic heterocycles. The summed E-state index contributed by atoms with van der Waals surface area (Å²) in [5.74, 6) is 1.42. The number of ether oxygens (including phenoxy) is 1. The number of methoxy groups -OCH3 is 1. The average Bonchev–Trinajstić information content (AvgIpc) is 2.56. The van der Waals surface area contributed by atoms with E-state index in [0.717, 1.165) is 11.3 Å². The number of rotatable bonds is 7. The largest absolute Gasteiger partial charge is 0.497 e. The number of anilines is 1. The van der Waals surface area contributed by atoms with Gasteiger partial charge in [-0.1, -0.05) is 12.1 Å². The van der Waals surface area contributed by atoms with Gasteiger partial charge in [-0.25, -0.2) is 0 Å². The predicted molar refractivity (Wildman–Crippen MR) is 90.9 cm³/mol. The maximum absolute atomic E-state index is 11.9. The van der Waals surface area contributed by atoms with Crippen LogP contribution < -0.4 is 10.1 Å². The molecule has 2 rings (SSSR count). The maximum Gasteiger partial charge on any atom is 0.269 e. The summed E-state index contributed by atoms with van der Waals surface area (Å²) in [5, 5.41) is 13.5. The Bertz CT molecular complexity index is 689. The van der Waals surface area contributed by atoms with Gasteiger partial charge in [0.2, 0.25) is 5.91 Å². The van der Waals surface area contributed by atoms with Crippen molar-refractivity contribution in [2.24, 2.45) is 0 Å². The number of thioether (sulfide) groups is 1. The first-order chi connectivity index (χ1) is 11.1. The van der Waals surface area contributed by atoms with E-state index in [9.17, 15) is 14.9 Å². The van der Waals surface area contributed by atoms with Gasteiger partial charge in [0.1, 0.15) is 5.75 Å². The van der Waals surface area contributed by atoms with Gasteiger partial charge >= 0.3 is 0 Å². The van der Waals surface area contributed by atoms with E-state index in [1.54, 1.807) is 43.5 Å². The molecule has 1 N–H and O–H groups in total. The van der Waals surface area contributed by atoms with E-state index in [1.165, 1.54) is 23.9 Å². The van der Waals surface area contributed by atoms with E-state index >= 15 is 0 Å². The molecule has 2 aromatic carbocycles. The number of benzene rings is 2. The minimum Gasteiger partial charge on any atom is -0.497 e. The van der Waals surface area contributed by atoms with Crippen LogP contribution in [0.5, 0.6) is 5.75 Å². The molecule has 7 heteroatoms. The lowest BCUT2D eigenvalue weighted by Crippen LogP contribution is -2.14. The molecule has 0 unspecified atom stereocenters. The normalized spacial score (nSPS) is 10.1. The number of non-ortho nitro benzene ring substituents is 1. The van der Waals surface area contributed by atoms with Crippen LogP contribution in [-0.4, -0.2) is 23.7 Å². The van der Waals surface area contributed by atoms with E-state index < -0.39 is 4.92 Å². The summed E-state index contributed by atoms with van der Waals surface area (Å²) in [6.07, 6.45) is 0. The topological polar surface area (TPSA) is 81.5 Å². The minimum atomic E-state index is -0.426. The van der Waals surface area contributed by atoms with Crippen molar-refractivity contribution >= 4 is 29.0 Å². The van der Waals surface area contributed by atoms with Crippen molar-refractivity contribution in [3.05, 3.63) is 64.2 Å². The van der Waals surface area contributed by atoms with Crippen molar-refractivity contribution in [3.8, 4) is 5.75 Å². The van der Waals surface area contributed by atoms with Crippen molar-refractivity contribution in [1.29, 1.82) is 0 Å². The number of carbonyl (C=O) groups excluding carboxylic acids is 1. The van der Waals surface area contributed by atoms with Crippen LogP contribution in [0.25, 0.3) is 0 Å². The molecule has 0 aromatic heterocycles. The molecular formula is C16H16N2O4S. The third kappa shape index (κ3) is 5.30. The Morgan fingerprint density at radius 2 is 2.00 bits per heavy atom. The van der Waals surface area contributed by atoms with Gasteiger partial charge in [0.25, 0.3) is 5.69 Å². The van der Waals surface area contributed by atoms with Crippen LogP contribution in [-0.2, 0) is 10.5 Å². The van der Waals surface area contributed by atoms with Crippen LogP contribution >= 0.6 is 11.8 Å². The highest BCUT2D eigenvalue weighted by molar-refractivity contribution is 7.99. The first-order valence-corrected chi connectivity index (χ1v) is 7.99. The molecule has 0 spiro atoms. The first kappa shape index (κ1) is 16.8. The molecule has 120 valence electrons. The number of nitrogens with zero attached hydrogens (tertiary/aromatic N) is 1. The average molecular weight is 332 g/mol. The number of nitro benzene ring substituents is 1. The Balaban J connectivity index is 1.80. The van der Waals surface area contributed by atoms with Gasteiger partial charge in [-0.15, -0.1) is 11.8 Å². The number of nitro groups is 1. The Morgan fingerprint density at radius 3 is 2.65 bits per heavy atom. The Hall–Kier alpha value is -2.54. The molecule has 2 aromatic rings. The molecule has 0 heterocycles. The van der Waals surface area contributed by atoms with E-state index in [2.05, 4.69) is 5.32 Å². The van der Waals surface area contributed by atoms with Crippen LogP contribution in [0, 0.1) is 10.1 Å². The fourth-order valence-electron chi connectivity index (χ4n) is 1.89. The van der Waals surface area contributed by atoms with Crippen molar-refractivity contribution in [2.45, 2.75) is 5.75 Å². The number of nitrogens with one attached hydrogen (secondary N) is 1. The minimum absolute atomic E-state index is 0.0609. The quantitative estimate of drug-likeness (QED) is 0.620. The number of amides is 1. The van der Waals surface area contributed by atoms with Crippen molar-refractivity contribution in [1.82, 2.24) is 0 Å². The molecule has 0 fully saturated rings. The molecule has 0 radical (unpaired) electrons. The molecule has 0 aliphatic carbocycles. The number of hydrogen-bond acceptors (Lipinski definition) is 5. The van der Waals surface area contributed by atoms with E-state index in [0.29, 0.717) is 11.4 Å². The van der Waals surface area contributed by atoms with Crippen LogP contribution in [0.1, 0.15) is 5.56 Å². The monoisotopic (exact) mass is 332 g/mol. The summed E-state index contributed by atoms with van der Waals surface area (Å²) in [7, 11) is 1.58. The summed E-state index contributed by atoms with van der Waals surface area (Å²) >= 11 is 1.40. The van der Waals surface area contributed by atoms with Gasteiger partial charge in [0.05, 0.1) is 17.8 Å². The van der Waals surface area contributed by atoms with Crippen molar-refractivity contribution in [3.63, 3.8) is 0 Å². The van der Waals surface area contributed by atoms with Gasteiger partial charge in [0, 0.05) is 23.6 Å². The Kier molecular flexibility index (Phi) is 5.99. The van der Waals surface area contributed by atoms with Gasteiger partial charge in [-0.3, -0.25) is 14.9 Å². The van der Waals surface area contributed by atoms with Crippen LogP contribution in [0.15, 0.2) is 48.5 Å². The van der Waals surface area contributed by atoms with Gasteiger partial charge in [-0.05, 0) is 29.8 Å². The van der Waals surface area contributed by atoms with Gasteiger partial charge in [0.15, 0.2) is 0 Å². The van der Waals surface area contributed by atoms with E-state index in [1.807, 2.05) is 0 Å². The summed E-state index contributed by atoms with van der Waals surface area (Å²) in [4.78, 5) is 22.1. The molecule has 0 saturated heterocycles. The molecular weight excluding hydrogens is 316 g/mol. The summed E-state index contributed by atoms with van der Waals surface area (Å²) < 4.78 is 5.05. The SMILES string of the molecule is COc1ccc(NC(=O)CSCc2cccc([N+](=O)[O-])c2)cc1. The zero-order chi connectivity index (χ0) is 16.7. The fourth-order valence-corrected chi connectivity index (χ4v) is 2.67. The van der Waals surface area contributed by atoms with Gasteiger partial charge < -0.3 is 10.1 Å². The van der Waals surface area contributed by atoms with Gasteiger partial charge in [-0.2, -0.15) is 0 Å². The Morgan fingerprint density at radius 1 is 1.26 bits per heavy atom. The van der Waals surface area contributed by atoms with Crippen LogP contribution in [0.3, 0.4) is 0 Å². The lowest BCUT2D eigenvalue weighted by Gasteiger charge is -2.06. The standard InChI is InChI=1S/C16H16N2O4S/c1-22-15-7-5-13(6-8-15)17-16(19)11-23-10-12-3-2-4-14(9-12)18(20)21/h2-9H,10-11H2,1H3,(H,17,19). The van der Waals surface area contributed by atoms with Crippen molar-refractivity contribution in [2.75, 3.05) is 18.2 Å². The van der Waals surface area contributed by atoms with E-state index in [4.69, 9.17) is 4.74 Å². The van der Waals surface area contributed by atoms with Crippen molar-refractivity contribution < 1.29 is 14.5 Å². The summed E-state index contributed by atoms with van der Waals surface area (Å²) in [6.45, 7) is 0. The zero-order valence-corrected chi connectivity index (χ0v) is 13.3. The second-order valence-corrected chi connectivity index (χ2v) is 5.68. The molecule has 0 bridgehead atoms. The highest BCUT2D eigenvalue weighted by Gasteiger charge is 2.07. The molecule has 0 saturated carbocycles. The summed E-state index contributed by atoms with van der Waals surface area (Å²) in [5.41, 5.74) is 1.58. The number of hydrogen-bond donors (Lipinski definition) is 1. The third-order valence-corrected chi connectivity index (χ3v) is 4.00. The Labute approximate surface area is 138 Å². The maximum atomic E-state index is 11.9. The fraction of sp³-hybridized carbons (Fsp3) is 0.188. The van der Waals surface area contributed by atoms with Crippen LogP contribution in [0.4, 0.5) is 11.4 Å². The molecule has 6 nitrogen and oxygen atoms in total. The second kappa shape index (κ2) is 8.19. The zero-order valence-electron chi connectivity index (χ0n) is 12.5. The van der Waals surface area contributed by atoms with Crippen LogP contribution in [0.2, 0.25) is 0 Å². The van der Waals surface area contributed by atoms with E-state index in [-0.39, 0.29) is 17.3 Å². The number of carbonyl (C=O) groups is 1.